The first-order valence-electron chi connectivity index (χ1n) is 10.1. The monoisotopic (exact) mass is 413 g/mol. The standard InChI is InChI=1S/C22H39NO.BrH/c1-4-5-6-7-8-9-10-11-12-16-19-23-20-22(2,3)24-21-17-14-13-15-18-21;/h13-15,17-18,23H,4-12,16,19-20H2,1-3H3;1H. The van der Waals surface area contributed by atoms with Crippen LogP contribution in [0.4, 0.5) is 0 Å². The molecule has 0 saturated heterocycles. The van der Waals surface area contributed by atoms with E-state index in [0.717, 1.165) is 18.8 Å². The topological polar surface area (TPSA) is 21.3 Å². The molecule has 0 unspecified atom stereocenters. The minimum atomic E-state index is -0.167. The number of nitrogens with one attached hydrogen (secondary N) is 1. The number of halogens is 1. The van der Waals surface area contributed by atoms with E-state index in [1.54, 1.807) is 0 Å². The maximum absolute atomic E-state index is 6.04. The number of hydrogen-bond acceptors (Lipinski definition) is 2. The molecule has 0 saturated carbocycles. The Morgan fingerprint density at radius 1 is 0.800 bits per heavy atom. The van der Waals surface area contributed by atoms with Crippen molar-refractivity contribution in [1.82, 2.24) is 5.32 Å². The maximum atomic E-state index is 6.04. The Bertz CT molecular complexity index is 394. The van der Waals surface area contributed by atoms with Gasteiger partial charge in [0.05, 0.1) is 0 Å². The molecule has 0 aliphatic carbocycles. The van der Waals surface area contributed by atoms with Gasteiger partial charge in [0.2, 0.25) is 0 Å². The molecular weight excluding hydrogens is 374 g/mol. The van der Waals surface area contributed by atoms with Crippen molar-refractivity contribution in [3.8, 4) is 5.75 Å². The van der Waals surface area contributed by atoms with Gasteiger partial charge >= 0.3 is 0 Å². The second-order valence-electron chi connectivity index (χ2n) is 7.53. The smallest absolute Gasteiger partial charge is 0.120 e. The average molecular weight is 414 g/mol. The molecule has 0 aromatic heterocycles. The quantitative estimate of drug-likeness (QED) is 0.314. The molecular formula is C22H40BrNO. The zero-order valence-corrected chi connectivity index (χ0v) is 18.4. The molecule has 0 bridgehead atoms. The van der Waals surface area contributed by atoms with Crippen LogP contribution in [0.5, 0.6) is 5.75 Å². The van der Waals surface area contributed by atoms with E-state index in [2.05, 4.69) is 26.1 Å². The van der Waals surface area contributed by atoms with E-state index in [4.69, 9.17) is 4.74 Å². The van der Waals surface area contributed by atoms with Crippen LogP contribution in [0.15, 0.2) is 30.3 Å². The lowest BCUT2D eigenvalue weighted by molar-refractivity contribution is 0.108. The van der Waals surface area contributed by atoms with Crippen molar-refractivity contribution < 1.29 is 4.74 Å². The fourth-order valence-electron chi connectivity index (χ4n) is 2.97. The van der Waals surface area contributed by atoms with Crippen LogP contribution in [0.1, 0.15) is 85.0 Å². The fraction of sp³-hybridized carbons (Fsp3) is 0.727. The van der Waals surface area contributed by atoms with E-state index in [0.29, 0.717) is 0 Å². The Morgan fingerprint density at radius 3 is 1.88 bits per heavy atom. The Balaban J connectivity index is 0.00000576. The van der Waals surface area contributed by atoms with E-state index in [1.807, 2.05) is 30.3 Å². The van der Waals surface area contributed by atoms with Gasteiger partial charge in [0.25, 0.3) is 0 Å². The van der Waals surface area contributed by atoms with Gasteiger partial charge in [-0.15, -0.1) is 17.0 Å². The molecule has 1 aromatic rings. The predicted octanol–water partition coefficient (Wildman–Crippen LogP) is 6.93. The highest BCUT2D eigenvalue weighted by Crippen LogP contribution is 2.17. The van der Waals surface area contributed by atoms with Crippen LogP contribution in [0.2, 0.25) is 0 Å². The molecule has 0 heterocycles. The van der Waals surface area contributed by atoms with E-state index in [-0.39, 0.29) is 22.6 Å². The van der Waals surface area contributed by atoms with Gasteiger partial charge in [-0.05, 0) is 38.9 Å². The second kappa shape index (κ2) is 15.7. The lowest BCUT2D eigenvalue weighted by Crippen LogP contribution is -2.40. The van der Waals surface area contributed by atoms with Gasteiger partial charge in [-0.1, -0.05) is 82.9 Å². The van der Waals surface area contributed by atoms with Crippen molar-refractivity contribution in [3.63, 3.8) is 0 Å². The van der Waals surface area contributed by atoms with Crippen molar-refractivity contribution >= 4 is 17.0 Å². The third-order valence-electron chi connectivity index (χ3n) is 4.40. The lowest BCUT2D eigenvalue weighted by atomic mass is 10.1. The van der Waals surface area contributed by atoms with Gasteiger partial charge in [-0.2, -0.15) is 0 Å². The molecule has 0 fully saturated rings. The first-order valence-corrected chi connectivity index (χ1v) is 10.1. The lowest BCUT2D eigenvalue weighted by Gasteiger charge is -2.27. The van der Waals surface area contributed by atoms with Gasteiger partial charge in [0.1, 0.15) is 11.4 Å². The molecule has 1 aromatic carbocycles. The molecule has 0 aliphatic rings. The van der Waals surface area contributed by atoms with Crippen molar-refractivity contribution in [2.24, 2.45) is 0 Å². The summed E-state index contributed by atoms with van der Waals surface area (Å²) in [4.78, 5) is 0. The number of hydrogen-bond donors (Lipinski definition) is 1. The van der Waals surface area contributed by atoms with Crippen molar-refractivity contribution in [3.05, 3.63) is 30.3 Å². The predicted molar refractivity (Wildman–Crippen MR) is 116 cm³/mol. The van der Waals surface area contributed by atoms with E-state index in [1.165, 1.54) is 64.2 Å². The SMILES string of the molecule is Br.CCCCCCCCCCCCNCC(C)(C)Oc1ccccc1. The Labute approximate surface area is 166 Å². The highest BCUT2D eigenvalue weighted by atomic mass is 79.9. The van der Waals surface area contributed by atoms with Crippen LogP contribution in [0, 0.1) is 0 Å². The molecule has 0 radical (unpaired) electrons. The van der Waals surface area contributed by atoms with Crippen LogP contribution < -0.4 is 10.1 Å². The van der Waals surface area contributed by atoms with Crippen LogP contribution in [-0.2, 0) is 0 Å². The fourth-order valence-corrected chi connectivity index (χ4v) is 2.97. The molecule has 0 aliphatic heterocycles. The molecule has 146 valence electrons. The molecule has 3 heteroatoms. The summed E-state index contributed by atoms with van der Waals surface area (Å²) in [5, 5.41) is 3.55. The molecule has 25 heavy (non-hydrogen) atoms. The molecule has 1 rings (SSSR count). The third-order valence-corrected chi connectivity index (χ3v) is 4.40. The highest BCUT2D eigenvalue weighted by Gasteiger charge is 2.18. The van der Waals surface area contributed by atoms with Crippen molar-refractivity contribution in [2.75, 3.05) is 13.1 Å². The second-order valence-corrected chi connectivity index (χ2v) is 7.53. The van der Waals surface area contributed by atoms with Crippen molar-refractivity contribution in [1.29, 1.82) is 0 Å². The van der Waals surface area contributed by atoms with Gasteiger partial charge in [0, 0.05) is 6.54 Å². The third kappa shape index (κ3) is 14.3. The first kappa shape index (κ1) is 24.5. The number of rotatable bonds is 15. The normalized spacial score (nSPS) is 11.2. The summed E-state index contributed by atoms with van der Waals surface area (Å²) in [6.07, 6.45) is 13.9. The summed E-state index contributed by atoms with van der Waals surface area (Å²) in [6.45, 7) is 8.55. The molecule has 0 atom stereocenters. The number of ether oxygens (including phenoxy) is 1. The maximum Gasteiger partial charge on any atom is 0.120 e. The number of para-hydroxylation sites is 1. The average Bonchev–Trinajstić information content (AvgIpc) is 2.56. The van der Waals surface area contributed by atoms with Crippen LogP contribution >= 0.6 is 17.0 Å². The van der Waals surface area contributed by atoms with Crippen LogP contribution in [0.3, 0.4) is 0 Å². The molecule has 0 amide bonds. The number of unbranched alkanes of at least 4 members (excludes halogenated alkanes) is 9. The Kier molecular flexibility index (Phi) is 15.4. The number of benzene rings is 1. The Hall–Kier alpha value is -0.540. The summed E-state index contributed by atoms with van der Waals surface area (Å²) < 4.78 is 6.04. The first-order chi connectivity index (χ1) is 11.6. The van der Waals surface area contributed by atoms with Crippen LogP contribution in [-0.4, -0.2) is 18.7 Å². The molecule has 0 spiro atoms. The summed E-state index contributed by atoms with van der Waals surface area (Å²) in [7, 11) is 0. The van der Waals surface area contributed by atoms with Gasteiger partial charge in [-0.3, -0.25) is 0 Å². The van der Waals surface area contributed by atoms with Gasteiger partial charge < -0.3 is 10.1 Å². The van der Waals surface area contributed by atoms with Crippen LogP contribution in [0.25, 0.3) is 0 Å². The largest absolute Gasteiger partial charge is 0.487 e. The summed E-state index contributed by atoms with van der Waals surface area (Å²) >= 11 is 0. The minimum absolute atomic E-state index is 0. The molecule has 1 N–H and O–H groups in total. The van der Waals surface area contributed by atoms with E-state index in [9.17, 15) is 0 Å². The van der Waals surface area contributed by atoms with E-state index >= 15 is 0 Å². The summed E-state index contributed by atoms with van der Waals surface area (Å²) in [5.41, 5.74) is -0.167. The Morgan fingerprint density at radius 2 is 1.32 bits per heavy atom. The molecule has 2 nitrogen and oxygen atoms in total. The minimum Gasteiger partial charge on any atom is -0.487 e. The zero-order valence-electron chi connectivity index (χ0n) is 16.7. The van der Waals surface area contributed by atoms with Gasteiger partial charge in [-0.25, -0.2) is 0 Å². The van der Waals surface area contributed by atoms with Gasteiger partial charge in [0.15, 0.2) is 0 Å². The van der Waals surface area contributed by atoms with E-state index < -0.39 is 0 Å². The highest BCUT2D eigenvalue weighted by molar-refractivity contribution is 8.93. The zero-order chi connectivity index (χ0) is 17.5. The summed E-state index contributed by atoms with van der Waals surface area (Å²) in [6, 6.07) is 10.1. The van der Waals surface area contributed by atoms with Crippen molar-refractivity contribution in [2.45, 2.75) is 90.6 Å². The summed E-state index contributed by atoms with van der Waals surface area (Å²) in [5.74, 6) is 0.947.